The van der Waals surface area contributed by atoms with Gasteiger partial charge in [0.05, 0.1) is 36.4 Å². The third-order valence-electron chi connectivity index (χ3n) is 10.1. The van der Waals surface area contributed by atoms with E-state index < -0.39 is 23.2 Å². The van der Waals surface area contributed by atoms with Crippen molar-refractivity contribution in [3.63, 3.8) is 0 Å². The van der Waals surface area contributed by atoms with Crippen molar-refractivity contribution in [2.24, 2.45) is 22.2 Å². The Morgan fingerprint density at radius 3 is 2.07 bits per heavy atom. The summed E-state index contributed by atoms with van der Waals surface area (Å²) in [4.78, 5) is 26.2. The molecule has 0 aliphatic carbocycles. The number of aliphatic hydroxyl groups excluding tert-OH is 2. The molecule has 0 spiro atoms. The van der Waals surface area contributed by atoms with E-state index in [1.54, 1.807) is 6.07 Å². The zero-order valence-corrected chi connectivity index (χ0v) is 28.5. The van der Waals surface area contributed by atoms with Crippen LogP contribution in [-0.2, 0) is 9.53 Å². The average Bonchev–Trinajstić information content (AvgIpc) is 3.00. The summed E-state index contributed by atoms with van der Waals surface area (Å²) in [6, 6.07) is 16.6. The second-order valence-electron chi connectivity index (χ2n) is 14.1. The van der Waals surface area contributed by atoms with E-state index in [4.69, 9.17) is 13.9 Å². The third kappa shape index (κ3) is 8.56. The number of fused-ring (bicyclic) bond motifs is 1. The maximum absolute atomic E-state index is 13.6. The maximum Gasteiger partial charge on any atom is 0.344 e. The van der Waals surface area contributed by atoms with E-state index in [1.807, 2.05) is 48.5 Å². The number of carbonyl (C=O) groups is 1. The highest BCUT2D eigenvalue weighted by molar-refractivity contribution is 5.82. The second-order valence-corrected chi connectivity index (χ2v) is 14.1. The molecule has 0 saturated heterocycles. The molecule has 1 aromatic heterocycles. The summed E-state index contributed by atoms with van der Waals surface area (Å²) in [5.74, 6) is 0.496. The van der Waals surface area contributed by atoms with Gasteiger partial charge in [0.1, 0.15) is 11.3 Å². The van der Waals surface area contributed by atoms with Crippen LogP contribution in [0.5, 0.6) is 5.75 Å². The summed E-state index contributed by atoms with van der Waals surface area (Å²) in [6.45, 7) is 17.7. The molecule has 248 valence electrons. The van der Waals surface area contributed by atoms with Gasteiger partial charge in [-0.3, -0.25) is 4.79 Å². The molecule has 45 heavy (non-hydrogen) atoms. The van der Waals surface area contributed by atoms with Gasteiger partial charge in [0.2, 0.25) is 0 Å². The Bertz CT molecular complexity index is 1440. The van der Waals surface area contributed by atoms with Gasteiger partial charge in [0, 0.05) is 11.5 Å². The van der Waals surface area contributed by atoms with Crippen LogP contribution < -0.4 is 10.4 Å². The molecule has 3 aromatic rings. The Balaban J connectivity index is 1.46. The Labute approximate surface area is 269 Å². The summed E-state index contributed by atoms with van der Waals surface area (Å²) in [7, 11) is 0. The van der Waals surface area contributed by atoms with Gasteiger partial charge in [-0.1, -0.05) is 92.1 Å². The molecule has 0 fully saturated rings. The van der Waals surface area contributed by atoms with Crippen LogP contribution in [-0.4, -0.2) is 41.6 Å². The highest BCUT2D eigenvalue weighted by atomic mass is 16.5. The van der Waals surface area contributed by atoms with Crippen molar-refractivity contribution in [1.29, 1.82) is 0 Å². The van der Waals surface area contributed by atoms with Crippen LogP contribution in [0.15, 0.2) is 63.8 Å². The minimum absolute atomic E-state index is 0.0248. The molecule has 0 amide bonds. The molecule has 0 radical (unpaired) electrons. The van der Waals surface area contributed by atoms with Crippen LogP contribution in [0.1, 0.15) is 93.9 Å². The zero-order chi connectivity index (χ0) is 33.4. The largest absolute Gasteiger partial charge is 0.493 e. The number of aliphatic hydroxyl groups is 2. The Morgan fingerprint density at radius 2 is 1.49 bits per heavy atom. The van der Waals surface area contributed by atoms with Crippen LogP contribution in [0, 0.1) is 22.2 Å². The van der Waals surface area contributed by atoms with E-state index in [9.17, 15) is 19.8 Å². The first-order valence-electron chi connectivity index (χ1n) is 16.5. The predicted octanol–water partition coefficient (Wildman–Crippen LogP) is 8.18. The van der Waals surface area contributed by atoms with Crippen molar-refractivity contribution in [2.45, 2.75) is 106 Å². The third-order valence-corrected chi connectivity index (χ3v) is 10.1. The van der Waals surface area contributed by atoms with Gasteiger partial charge in [0.25, 0.3) is 0 Å². The van der Waals surface area contributed by atoms with Gasteiger partial charge < -0.3 is 24.1 Å². The van der Waals surface area contributed by atoms with Gasteiger partial charge >= 0.3 is 11.6 Å². The molecule has 0 saturated carbocycles. The second kappa shape index (κ2) is 15.4. The van der Waals surface area contributed by atoms with E-state index in [2.05, 4.69) is 55.4 Å². The molecule has 0 aliphatic rings. The average molecular weight is 623 g/mol. The number of hydrogen-bond donors (Lipinski definition) is 2. The van der Waals surface area contributed by atoms with Crippen LogP contribution in [0.2, 0.25) is 0 Å². The fourth-order valence-corrected chi connectivity index (χ4v) is 6.54. The molecule has 2 aromatic carbocycles. The maximum atomic E-state index is 13.6. The van der Waals surface area contributed by atoms with Crippen LogP contribution in [0.4, 0.5) is 0 Å². The lowest BCUT2D eigenvalue weighted by molar-refractivity contribution is -0.175. The normalized spacial score (nSPS) is 15.7. The molecule has 2 N–H and O–H groups in total. The topological polar surface area (TPSA) is 106 Å². The SMILES string of the molecule is CCC(C)(C)C(C)C(CC)(C(=O)OCCCC(O)C(O)CCCOc1ccc2cc(-c3ccccc3)c(=O)oc2c1)C(C)(C)C. The van der Waals surface area contributed by atoms with Crippen molar-refractivity contribution in [1.82, 2.24) is 0 Å². The van der Waals surface area contributed by atoms with Crippen LogP contribution >= 0.6 is 0 Å². The van der Waals surface area contributed by atoms with Gasteiger partial charge in [-0.2, -0.15) is 0 Å². The highest BCUT2D eigenvalue weighted by Gasteiger charge is 2.55. The van der Waals surface area contributed by atoms with Crippen molar-refractivity contribution in [3.8, 4) is 16.9 Å². The number of esters is 1. The fourth-order valence-electron chi connectivity index (χ4n) is 6.54. The number of carbonyl (C=O) groups excluding carboxylic acids is 1. The highest BCUT2D eigenvalue weighted by Crippen LogP contribution is 2.55. The summed E-state index contributed by atoms with van der Waals surface area (Å²) in [6.07, 6.45) is 1.49. The lowest BCUT2D eigenvalue weighted by atomic mass is 9.52. The molecule has 1 heterocycles. The monoisotopic (exact) mass is 622 g/mol. The lowest BCUT2D eigenvalue weighted by Gasteiger charge is -2.51. The summed E-state index contributed by atoms with van der Waals surface area (Å²) >= 11 is 0. The van der Waals surface area contributed by atoms with E-state index in [1.165, 1.54) is 0 Å². The Kier molecular flexibility index (Phi) is 12.4. The smallest absolute Gasteiger partial charge is 0.344 e. The van der Waals surface area contributed by atoms with Gasteiger partial charge in [-0.15, -0.1) is 0 Å². The minimum atomic E-state index is -0.922. The van der Waals surface area contributed by atoms with E-state index in [0.717, 1.165) is 17.4 Å². The van der Waals surface area contributed by atoms with Crippen molar-refractivity contribution in [2.75, 3.05) is 13.2 Å². The first kappa shape index (κ1) is 36.3. The lowest BCUT2D eigenvalue weighted by Crippen LogP contribution is -2.52. The predicted molar refractivity (Wildman–Crippen MR) is 180 cm³/mol. The quantitative estimate of drug-likeness (QED) is 0.0943. The molecular formula is C38H54O7. The Hall–Kier alpha value is -3.16. The van der Waals surface area contributed by atoms with Crippen molar-refractivity contribution >= 4 is 16.9 Å². The van der Waals surface area contributed by atoms with Crippen molar-refractivity contribution < 1.29 is 28.9 Å². The first-order chi connectivity index (χ1) is 21.2. The molecule has 0 aliphatic heterocycles. The van der Waals surface area contributed by atoms with E-state index in [-0.39, 0.29) is 29.3 Å². The minimum Gasteiger partial charge on any atom is -0.493 e. The Morgan fingerprint density at radius 1 is 0.867 bits per heavy atom. The molecular weight excluding hydrogens is 568 g/mol. The molecule has 4 atom stereocenters. The molecule has 4 unspecified atom stereocenters. The van der Waals surface area contributed by atoms with Gasteiger partial charge in [0.15, 0.2) is 0 Å². The molecule has 7 heteroatoms. The number of benzene rings is 2. The number of ether oxygens (including phenoxy) is 2. The van der Waals surface area contributed by atoms with Gasteiger partial charge in [-0.05, 0) is 72.6 Å². The summed E-state index contributed by atoms with van der Waals surface area (Å²) in [5, 5.41) is 21.8. The number of hydrogen-bond acceptors (Lipinski definition) is 7. The molecule has 3 rings (SSSR count). The standard InChI is InChI=1S/C38H54O7/c1-9-37(7,8)26(3)38(10-2,36(4,5)6)35(42)44-23-15-19-32(40)31(39)18-14-22-43-29-21-20-28-24-30(27-16-12-11-13-17-27)34(41)45-33(28)25-29/h11-13,16-17,20-21,24-26,31-32,39-40H,9-10,14-15,18-19,22-23H2,1-8H3. The summed E-state index contributed by atoms with van der Waals surface area (Å²) in [5.41, 5.74) is 0.397. The number of rotatable bonds is 16. The molecule has 7 nitrogen and oxygen atoms in total. The van der Waals surface area contributed by atoms with Crippen molar-refractivity contribution in [3.05, 3.63) is 65.0 Å². The van der Waals surface area contributed by atoms with E-state index in [0.29, 0.717) is 55.6 Å². The first-order valence-corrected chi connectivity index (χ1v) is 16.5. The summed E-state index contributed by atoms with van der Waals surface area (Å²) < 4.78 is 17.2. The van der Waals surface area contributed by atoms with Crippen LogP contribution in [0.25, 0.3) is 22.1 Å². The van der Waals surface area contributed by atoms with E-state index >= 15 is 0 Å². The fraction of sp³-hybridized carbons (Fsp3) is 0.579. The molecule has 0 bridgehead atoms. The zero-order valence-electron chi connectivity index (χ0n) is 28.5. The van der Waals surface area contributed by atoms with Crippen LogP contribution in [0.3, 0.4) is 0 Å². The van der Waals surface area contributed by atoms with Gasteiger partial charge in [-0.25, -0.2) is 4.79 Å².